The number of fused-ring (bicyclic) bond motifs is 1. The Bertz CT molecular complexity index is 1170. The van der Waals surface area contributed by atoms with Crippen LogP contribution in [-0.4, -0.2) is 31.1 Å². The quantitative estimate of drug-likeness (QED) is 0.328. The van der Waals surface area contributed by atoms with Gasteiger partial charge < -0.3 is 4.42 Å². The molecule has 7 nitrogen and oxygen atoms in total. The van der Waals surface area contributed by atoms with Gasteiger partial charge in [-0.15, -0.1) is 0 Å². The lowest BCUT2D eigenvalue weighted by atomic mass is 10.1. The smallest absolute Gasteiger partial charge is 0.280 e. The maximum atomic E-state index is 13.0. The molecule has 0 N–H and O–H groups in total. The van der Waals surface area contributed by atoms with Crippen LogP contribution in [-0.2, 0) is 24.2 Å². The van der Waals surface area contributed by atoms with Gasteiger partial charge in [-0.1, -0.05) is 42.1 Å². The molecule has 0 atom stereocenters. The third kappa shape index (κ3) is 4.60. The van der Waals surface area contributed by atoms with E-state index in [1.54, 1.807) is 22.9 Å². The van der Waals surface area contributed by atoms with Crippen molar-refractivity contribution in [2.45, 2.75) is 24.5 Å². The molecule has 146 valence electrons. The molecule has 0 bridgehead atoms. The lowest BCUT2D eigenvalue weighted by molar-refractivity contribution is -0.116. The van der Waals surface area contributed by atoms with Crippen LogP contribution in [0.2, 0.25) is 0 Å². The molecule has 0 amide bonds. The van der Waals surface area contributed by atoms with Crippen molar-refractivity contribution >= 4 is 28.6 Å². The molecule has 0 spiro atoms. The van der Waals surface area contributed by atoms with E-state index in [0.29, 0.717) is 35.0 Å². The molecule has 0 fully saturated rings. The first kappa shape index (κ1) is 19.1. The number of thioether (sulfide) groups is 1. The molecular weight excluding hydrogens is 388 g/mol. The van der Waals surface area contributed by atoms with Crippen LogP contribution >= 0.6 is 11.8 Å². The van der Waals surface area contributed by atoms with E-state index in [1.165, 1.54) is 24.2 Å². The molecule has 4 aromatic rings. The fourth-order valence-corrected chi connectivity index (χ4v) is 3.81. The number of carbonyl (C=O) groups is 1. The van der Waals surface area contributed by atoms with Crippen LogP contribution < -0.4 is 5.56 Å². The highest BCUT2D eigenvalue weighted by Gasteiger charge is 2.15. The van der Waals surface area contributed by atoms with Gasteiger partial charge in [0.15, 0.2) is 16.5 Å². The van der Waals surface area contributed by atoms with E-state index in [4.69, 9.17) is 4.42 Å². The van der Waals surface area contributed by atoms with Gasteiger partial charge in [0.25, 0.3) is 5.56 Å². The topological polar surface area (TPSA) is 90.9 Å². The first-order valence-electron chi connectivity index (χ1n) is 9.13. The van der Waals surface area contributed by atoms with Crippen LogP contribution in [0.5, 0.6) is 0 Å². The minimum Gasteiger partial charge on any atom is -0.449 e. The number of carbonyl (C=O) groups excluding carboxylic acids is 1. The number of rotatable bonds is 8. The minimum atomic E-state index is -0.200. The normalized spacial score (nSPS) is 11.0. The maximum absolute atomic E-state index is 13.0. The third-order valence-electron chi connectivity index (χ3n) is 4.34. The third-order valence-corrected chi connectivity index (χ3v) is 5.38. The van der Waals surface area contributed by atoms with E-state index >= 15 is 0 Å². The number of benzene rings is 1. The summed E-state index contributed by atoms with van der Waals surface area (Å²) < 4.78 is 6.73. The Balaban J connectivity index is 1.58. The van der Waals surface area contributed by atoms with Gasteiger partial charge in [-0.3, -0.25) is 14.2 Å². The fourth-order valence-electron chi connectivity index (χ4n) is 2.93. The summed E-state index contributed by atoms with van der Waals surface area (Å²) >= 11 is 1.25. The average Bonchev–Trinajstić information content (AvgIpc) is 3.25. The van der Waals surface area contributed by atoms with E-state index in [0.717, 1.165) is 5.56 Å². The van der Waals surface area contributed by atoms with Crippen LogP contribution in [0.15, 0.2) is 75.5 Å². The van der Waals surface area contributed by atoms with Crippen molar-refractivity contribution < 1.29 is 9.21 Å². The van der Waals surface area contributed by atoms with Gasteiger partial charge in [0, 0.05) is 12.7 Å². The van der Waals surface area contributed by atoms with Crippen LogP contribution in [0.1, 0.15) is 11.5 Å². The lowest BCUT2D eigenvalue weighted by Crippen LogP contribution is -2.25. The van der Waals surface area contributed by atoms with Crippen molar-refractivity contribution in [1.82, 2.24) is 19.5 Å². The minimum absolute atomic E-state index is 0.0485. The van der Waals surface area contributed by atoms with E-state index < -0.39 is 0 Å². The van der Waals surface area contributed by atoms with Gasteiger partial charge in [0.1, 0.15) is 6.26 Å². The van der Waals surface area contributed by atoms with Crippen molar-refractivity contribution in [1.29, 1.82) is 0 Å². The summed E-state index contributed by atoms with van der Waals surface area (Å²) in [6, 6.07) is 13.4. The van der Waals surface area contributed by atoms with Crippen LogP contribution in [0.4, 0.5) is 0 Å². The second-order valence-electron chi connectivity index (χ2n) is 6.39. The van der Waals surface area contributed by atoms with Gasteiger partial charge in [0.2, 0.25) is 5.89 Å². The number of pyridine rings is 1. The first-order valence-corrected chi connectivity index (χ1v) is 10.1. The molecule has 3 aromatic heterocycles. The van der Waals surface area contributed by atoms with E-state index in [2.05, 4.69) is 15.0 Å². The second-order valence-corrected chi connectivity index (χ2v) is 7.33. The number of Topliss-reactive ketones (excluding diaryl/α,β-unsaturated/α-hetero) is 1. The Hall–Kier alpha value is -3.26. The summed E-state index contributed by atoms with van der Waals surface area (Å²) in [7, 11) is 0. The average molecular weight is 406 g/mol. The number of oxazole rings is 1. The summed E-state index contributed by atoms with van der Waals surface area (Å²) in [6.07, 6.45) is 5.32. The fraction of sp³-hybridized carbons (Fsp3) is 0.190. The van der Waals surface area contributed by atoms with Gasteiger partial charge in [-0.25, -0.2) is 15.0 Å². The Labute approximate surface area is 170 Å². The monoisotopic (exact) mass is 406 g/mol. The molecule has 0 saturated heterocycles. The summed E-state index contributed by atoms with van der Waals surface area (Å²) in [5.41, 5.74) is 1.78. The molecule has 29 heavy (non-hydrogen) atoms. The van der Waals surface area contributed by atoms with Gasteiger partial charge >= 0.3 is 0 Å². The van der Waals surface area contributed by atoms with Gasteiger partial charge in [-0.05, 0) is 24.1 Å². The first-order chi connectivity index (χ1) is 14.2. The number of hydrogen-bond acceptors (Lipinski definition) is 7. The van der Waals surface area contributed by atoms with Crippen molar-refractivity contribution in [3.8, 4) is 0 Å². The molecule has 1 aromatic carbocycles. The predicted molar refractivity (Wildman–Crippen MR) is 110 cm³/mol. The van der Waals surface area contributed by atoms with Crippen molar-refractivity contribution in [2.24, 2.45) is 0 Å². The van der Waals surface area contributed by atoms with Crippen LogP contribution in [0, 0.1) is 0 Å². The highest BCUT2D eigenvalue weighted by atomic mass is 32.2. The van der Waals surface area contributed by atoms with Gasteiger partial charge in [0.05, 0.1) is 23.9 Å². The number of ketones is 1. The molecule has 0 aliphatic heterocycles. The van der Waals surface area contributed by atoms with Crippen molar-refractivity contribution in [2.75, 3.05) is 5.75 Å². The van der Waals surface area contributed by atoms with Crippen LogP contribution in [0.3, 0.4) is 0 Å². The highest BCUT2D eigenvalue weighted by Crippen LogP contribution is 2.18. The van der Waals surface area contributed by atoms with E-state index in [1.807, 2.05) is 30.3 Å². The summed E-state index contributed by atoms with van der Waals surface area (Å²) in [5, 5.41) is 0.507. The summed E-state index contributed by atoms with van der Waals surface area (Å²) in [6.45, 7) is 0.457. The Morgan fingerprint density at radius 2 is 1.93 bits per heavy atom. The zero-order chi connectivity index (χ0) is 20.1. The largest absolute Gasteiger partial charge is 0.449 e. The molecule has 0 aliphatic rings. The maximum Gasteiger partial charge on any atom is 0.280 e. The molecule has 3 heterocycles. The Morgan fingerprint density at radius 3 is 2.72 bits per heavy atom. The highest BCUT2D eigenvalue weighted by molar-refractivity contribution is 7.99. The van der Waals surface area contributed by atoms with E-state index in [-0.39, 0.29) is 23.5 Å². The standard InChI is InChI=1S/C21H18N4O3S/c26-16(13-18-22-10-12-28-18)14-29-21-24-17-7-4-9-23-19(17)20(27)25(21)11-8-15-5-2-1-3-6-15/h1-7,9-10,12H,8,11,13-14H2. The summed E-state index contributed by atoms with van der Waals surface area (Å²) in [4.78, 5) is 38.0. The zero-order valence-electron chi connectivity index (χ0n) is 15.5. The predicted octanol–water partition coefficient (Wildman–Crippen LogP) is 2.93. The molecule has 0 radical (unpaired) electrons. The number of aromatic nitrogens is 4. The summed E-state index contributed by atoms with van der Waals surface area (Å²) in [5.74, 6) is 0.506. The lowest BCUT2D eigenvalue weighted by Gasteiger charge is -2.12. The number of nitrogens with zero attached hydrogens (tertiary/aromatic N) is 4. The molecule has 4 rings (SSSR count). The van der Waals surface area contributed by atoms with E-state index in [9.17, 15) is 9.59 Å². The van der Waals surface area contributed by atoms with Crippen molar-refractivity contribution in [3.05, 3.63) is 82.9 Å². The molecular formula is C21H18N4O3S. The molecule has 8 heteroatoms. The zero-order valence-corrected chi connectivity index (χ0v) is 16.3. The molecule has 0 saturated carbocycles. The molecule has 0 aliphatic carbocycles. The SMILES string of the molecule is O=C(CSc1nc2cccnc2c(=O)n1CCc1ccccc1)Cc1ncco1. The van der Waals surface area contributed by atoms with Crippen molar-refractivity contribution in [3.63, 3.8) is 0 Å². The number of hydrogen-bond donors (Lipinski definition) is 0. The van der Waals surface area contributed by atoms with Gasteiger partial charge in [-0.2, -0.15) is 0 Å². The van der Waals surface area contributed by atoms with Crippen LogP contribution in [0.25, 0.3) is 11.0 Å². The Kier molecular flexibility index (Phi) is 5.81. The number of aryl methyl sites for hydroxylation is 1. The Morgan fingerprint density at radius 1 is 1.07 bits per heavy atom. The second kappa shape index (κ2) is 8.83. The molecule has 0 unspecified atom stereocenters.